The standard InChI is InChI=1S/C18H17ClO/c19-15-10-8-13(9-11-15)12-18(20)17-7-2-1-6-16(17)14-4-3-5-14/h1-2,6-11,14H,3-5,12H2. The van der Waals surface area contributed by atoms with Crippen LogP contribution < -0.4 is 0 Å². The number of ketones is 1. The predicted molar refractivity (Wildman–Crippen MR) is 82.5 cm³/mol. The van der Waals surface area contributed by atoms with Gasteiger partial charge in [-0.2, -0.15) is 0 Å². The zero-order chi connectivity index (χ0) is 13.9. The van der Waals surface area contributed by atoms with Gasteiger partial charge in [0, 0.05) is 17.0 Å². The summed E-state index contributed by atoms with van der Waals surface area (Å²) in [7, 11) is 0. The highest BCUT2D eigenvalue weighted by atomic mass is 35.5. The van der Waals surface area contributed by atoms with Crippen molar-refractivity contribution >= 4 is 17.4 Å². The molecule has 0 saturated heterocycles. The molecule has 0 bridgehead atoms. The Balaban J connectivity index is 1.81. The molecule has 2 heteroatoms. The first-order valence-corrected chi connectivity index (χ1v) is 7.48. The van der Waals surface area contributed by atoms with E-state index in [4.69, 9.17) is 11.6 Å². The Morgan fingerprint density at radius 1 is 1.05 bits per heavy atom. The highest BCUT2D eigenvalue weighted by Gasteiger charge is 2.23. The molecule has 0 aliphatic heterocycles. The van der Waals surface area contributed by atoms with Gasteiger partial charge in [-0.1, -0.05) is 54.4 Å². The van der Waals surface area contributed by atoms with Crippen molar-refractivity contribution in [2.75, 3.05) is 0 Å². The second-order valence-corrected chi connectivity index (χ2v) is 5.88. The normalized spacial score (nSPS) is 14.8. The van der Waals surface area contributed by atoms with Crippen molar-refractivity contribution in [2.45, 2.75) is 31.6 Å². The number of carbonyl (C=O) groups is 1. The minimum absolute atomic E-state index is 0.204. The second kappa shape index (κ2) is 5.80. The number of halogens is 1. The number of hydrogen-bond donors (Lipinski definition) is 0. The van der Waals surface area contributed by atoms with Crippen LogP contribution in [0.4, 0.5) is 0 Å². The van der Waals surface area contributed by atoms with E-state index >= 15 is 0 Å². The summed E-state index contributed by atoms with van der Waals surface area (Å²) in [5.41, 5.74) is 3.15. The van der Waals surface area contributed by atoms with E-state index in [0.29, 0.717) is 17.4 Å². The first kappa shape index (κ1) is 13.4. The van der Waals surface area contributed by atoms with Crippen molar-refractivity contribution in [1.29, 1.82) is 0 Å². The Morgan fingerprint density at radius 2 is 1.75 bits per heavy atom. The van der Waals surface area contributed by atoms with Gasteiger partial charge in [0.05, 0.1) is 0 Å². The molecule has 0 heterocycles. The van der Waals surface area contributed by atoms with E-state index in [0.717, 1.165) is 11.1 Å². The van der Waals surface area contributed by atoms with Crippen LogP contribution in [-0.2, 0) is 6.42 Å². The van der Waals surface area contributed by atoms with Gasteiger partial charge in [0.2, 0.25) is 0 Å². The molecule has 2 aromatic rings. The fourth-order valence-electron chi connectivity index (χ4n) is 2.71. The maximum absolute atomic E-state index is 12.5. The van der Waals surface area contributed by atoms with E-state index in [1.807, 2.05) is 42.5 Å². The largest absolute Gasteiger partial charge is 0.294 e. The average Bonchev–Trinajstić information content (AvgIpc) is 2.40. The molecule has 0 aromatic heterocycles. The molecule has 1 aliphatic carbocycles. The van der Waals surface area contributed by atoms with Crippen LogP contribution in [0.25, 0.3) is 0 Å². The highest BCUT2D eigenvalue weighted by molar-refractivity contribution is 6.30. The molecule has 1 saturated carbocycles. The highest BCUT2D eigenvalue weighted by Crippen LogP contribution is 2.38. The summed E-state index contributed by atoms with van der Waals surface area (Å²) < 4.78 is 0. The quantitative estimate of drug-likeness (QED) is 0.720. The fourth-order valence-corrected chi connectivity index (χ4v) is 2.84. The lowest BCUT2D eigenvalue weighted by Gasteiger charge is -2.27. The van der Waals surface area contributed by atoms with Gasteiger partial charge in [0.15, 0.2) is 5.78 Å². The molecule has 0 radical (unpaired) electrons. The van der Waals surface area contributed by atoms with Crippen LogP contribution in [0, 0.1) is 0 Å². The van der Waals surface area contributed by atoms with Gasteiger partial charge in [-0.15, -0.1) is 0 Å². The third-order valence-electron chi connectivity index (χ3n) is 4.08. The van der Waals surface area contributed by atoms with Gasteiger partial charge < -0.3 is 0 Å². The van der Waals surface area contributed by atoms with Gasteiger partial charge in [-0.3, -0.25) is 4.79 Å². The van der Waals surface area contributed by atoms with Crippen molar-refractivity contribution < 1.29 is 4.79 Å². The summed E-state index contributed by atoms with van der Waals surface area (Å²) in [5, 5.41) is 0.705. The Bertz CT molecular complexity index is 612. The van der Waals surface area contributed by atoms with Gasteiger partial charge in [-0.05, 0) is 42.0 Å². The van der Waals surface area contributed by atoms with Gasteiger partial charge in [0.1, 0.15) is 0 Å². The van der Waals surface area contributed by atoms with Crippen molar-refractivity contribution in [1.82, 2.24) is 0 Å². The first-order valence-electron chi connectivity index (χ1n) is 7.10. The maximum Gasteiger partial charge on any atom is 0.167 e. The van der Waals surface area contributed by atoms with Crippen LogP contribution >= 0.6 is 11.6 Å². The molecule has 1 aliphatic rings. The van der Waals surface area contributed by atoms with E-state index in [2.05, 4.69) is 6.07 Å². The maximum atomic E-state index is 12.5. The lowest BCUT2D eigenvalue weighted by atomic mass is 9.77. The summed E-state index contributed by atoms with van der Waals surface area (Å²) in [6.45, 7) is 0. The van der Waals surface area contributed by atoms with Crippen LogP contribution in [0.3, 0.4) is 0 Å². The molecule has 1 nitrogen and oxygen atoms in total. The minimum Gasteiger partial charge on any atom is -0.294 e. The first-order chi connectivity index (χ1) is 9.74. The van der Waals surface area contributed by atoms with Crippen molar-refractivity contribution in [3.8, 4) is 0 Å². The fraction of sp³-hybridized carbons (Fsp3) is 0.278. The predicted octanol–water partition coefficient (Wildman–Crippen LogP) is 5.03. The Hall–Kier alpha value is -1.60. The average molecular weight is 285 g/mol. The van der Waals surface area contributed by atoms with Crippen molar-refractivity contribution in [3.63, 3.8) is 0 Å². The Morgan fingerprint density at radius 3 is 2.40 bits per heavy atom. The smallest absolute Gasteiger partial charge is 0.167 e. The third-order valence-corrected chi connectivity index (χ3v) is 4.34. The SMILES string of the molecule is O=C(Cc1ccc(Cl)cc1)c1ccccc1C1CCC1. The summed E-state index contributed by atoms with van der Waals surface area (Å²) >= 11 is 5.87. The molecule has 0 N–H and O–H groups in total. The molecule has 0 atom stereocenters. The Kier molecular flexibility index (Phi) is 3.88. The van der Waals surface area contributed by atoms with Crippen LogP contribution in [0.2, 0.25) is 5.02 Å². The molecule has 102 valence electrons. The monoisotopic (exact) mass is 284 g/mol. The summed E-state index contributed by atoms with van der Waals surface area (Å²) in [4.78, 5) is 12.5. The third kappa shape index (κ3) is 2.78. The molecule has 0 unspecified atom stereocenters. The Labute approximate surface area is 124 Å². The van der Waals surface area contributed by atoms with Gasteiger partial charge in [-0.25, -0.2) is 0 Å². The number of rotatable bonds is 4. The molecular weight excluding hydrogens is 268 g/mol. The van der Waals surface area contributed by atoms with Crippen LogP contribution in [0.1, 0.15) is 46.7 Å². The van der Waals surface area contributed by atoms with E-state index in [1.54, 1.807) is 0 Å². The number of carbonyl (C=O) groups excluding carboxylic acids is 1. The topological polar surface area (TPSA) is 17.1 Å². The van der Waals surface area contributed by atoms with Crippen LogP contribution in [-0.4, -0.2) is 5.78 Å². The molecule has 1 fully saturated rings. The zero-order valence-electron chi connectivity index (χ0n) is 11.3. The molecular formula is C18H17ClO. The van der Waals surface area contributed by atoms with Crippen molar-refractivity contribution in [3.05, 3.63) is 70.2 Å². The van der Waals surface area contributed by atoms with Gasteiger partial charge in [0.25, 0.3) is 0 Å². The molecule has 20 heavy (non-hydrogen) atoms. The molecule has 2 aromatic carbocycles. The van der Waals surface area contributed by atoms with Crippen LogP contribution in [0.15, 0.2) is 48.5 Å². The summed E-state index contributed by atoms with van der Waals surface area (Å²) in [6.07, 6.45) is 4.15. The van der Waals surface area contributed by atoms with E-state index in [1.165, 1.54) is 24.8 Å². The summed E-state index contributed by atoms with van der Waals surface area (Å²) in [6, 6.07) is 15.6. The zero-order valence-corrected chi connectivity index (χ0v) is 12.1. The summed E-state index contributed by atoms with van der Waals surface area (Å²) in [5.74, 6) is 0.787. The second-order valence-electron chi connectivity index (χ2n) is 5.44. The molecule has 0 amide bonds. The lowest BCUT2D eigenvalue weighted by Crippen LogP contribution is -2.15. The van der Waals surface area contributed by atoms with Gasteiger partial charge >= 0.3 is 0 Å². The minimum atomic E-state index is 0.204. The number of benzene rings is 2. The van der Waals surface area contributed by atoms with E-state index in [-0.39, 0.29) is 5.78 Å². The lowest BCUT2D eigenvalue weighted by molar-refractivity contribution is 0.0991. The van der Waals surface area contributed by atoms with Crippen molar-refractivity contribution in [2.24, 2.45) is 0 Å². The van der Waals surface area contributed by atoms with Crippen LogP contribution in [0.5, 0.6) is 0 Å². The molecule has 3 rings (SSSR count). The number of hydrogen-bond acceptors (Lipinski definition) is 1. The van der Waals surface area contributed by atoms with E-state index < -0.39 is 0 Å². The molecule has 0 spiro atoms. The number of Topliss-reactive ketones (excluding diaryl/α,β-unsaturated/α-hetero) is 1. The van der Waals surface area contributed by atoms with E-state index in [9.17, 15) is 4.79 Å².